The van der Waals surface area contributed by atoms with Gasteiger partial charge in [0.05, 0.1) is 5.56 Å². The molecule has 0 aliphatic carbocycles. The Kier molecular flexibility index (Phi) is 2.44. The first-order valence-corrected chi connectivity index (χ1v) is 5.15. The first-order valence-electron chi connectivity index (χ1n) is 4.35. The van der Waals surface area contributed by atoms with E-state index in [-0.39, 0.29) is 5.75 Å². The van der Waals surface area contributed by atoms with Crippen molar-refractivity contribution < 1.29 is 5.11 Å². The lowest BCUT2D eigenvalue weighted by molar-refractivity contribution is 0.412. The van der Waals surface area contributed by atoms with E-state index in [1.54, 1.807) is 6.07 Å². The Morgan fingerprint density at radius 3 is 2.71 bits per heavy atom. The highest BCUT2D eigenvalue weighted by Crippen LogP contribution is 2.33. The highest BCUT2D eigenvalue weighted by Gasteiger charge is 2.23. The van der Waals surface area contributed by atoms with Crippen LogP contribution in [0.25, 0.3) is 0 Å². The summed E-state index contributed by atoms with van der Waals surface area (Å²) in [6, 6.07) is 5.49. The Bertz CT molecular complexity index is 407. The minimum Gasteiger partial charge on any atom is -0.506 e. The van der Waals surface area contributed by atoms with Crippen molar-refractivity contribution in [2.45, 2.75) is 5.92 Å². The van der Waals surface area contributed by atoms with Gasteiger partial charge in [-0.2, -0.15) is 5.26 Å². The molecule has 0 amide bonds. The second kappa shape index (κ2) is 3.60. The smallest absolute Gasteiger partial charge is 0.136 e. The van der Waals surface area contributed by atoms with Gasteiger partial charge in [0.25, 0.3) is 0 Å². The number of aromatic hydroxyl groups is 1. The number of phenols is 1. The third-order valence-corrected chi connectivity index (χ3v) is 2.90. The van der Waals surface area contributed by atoms with E-state index in [0.717, 1.165) is 23.1 Å². The number of nitriles is 1. The summed E-state index contributed by atoms with van der Waals surface area (Å²) in [5, 5.41) is 21.7. The summed E-state index contributed by atoms with van der Waals surface area (Å²) in [6.45, 7) is 1.74. The molecular formula is C10H9BrN2O. The predicted molar refractivity (Wildman–Crippen MR) is 56.1 cm³/mol. The number of hydrogen-bond donors (Lipinski definition) is 2. The van der Waals surface area contributed by atoms with E-state index in [9.17, 15) is 5.11 Å². The number of benzene rings is 1. The summed E-state index contributed by atoms with van der Waals surface area (Å²) in [5.41, 5.74) is 1.19. The molecular weight excluding hydrogens is 244 g/mol. The Labute approximate surface area is 90.5 Å². The van der Waals surface area contributed by atoms with Crippen LogP contribution in [0.5, 0.6) is 5.75 Å². The highest BCUT2D eigenvalue weighted by atomic mass is 79.9. The maximum atomic E-state index is 9.78. The van der Waals surface area contributed by atoms with Crippen molar-refractivity contribution in [2.75, 3.05) is 13.1 Å². The number of rotatable bonds is 1. The molecule has 1 aliphatic rings. The molecule has 0 bridgehead atoms. The molecule has 1 aromatic rings. The highest BCUT2D eigenvalue weighted by molar-refractivity contribution is 9.10. The molecule has 0 spiro atoms. The lowest BCUT2D eigenvalue weighted by atomic mass is 9.91. The van der Waals surface area contributed by atoms with Crippen LogP contribution in [0.15, 0.2) is 16.6 Å². The molecule has 0 atom stereocenters. The van der Waals surface area contributed by atoms with Crippen molar-refractivity contribution in [3.8, 4) is 11.8 Å². The van der Waals surface area contributed by atoms with E-state index in [2.05, 4.69) is 21.2 Å². The van der Waals surface area contributed by atoms with Gasteiger partial charge in [0.1, 0.15) is 11.8 Å². The largest absolute Gasteiger partial charge is 0.506 e. The summed E-state index contributed by atoms with van der Waals surface area (Å²) < 4.78 is 0.841. The average molecular weight is 253 g/mol. The zero-order chi connectivity index (χ0) is 10.1. The number of nitrogens with one attached hydrogen (secondary N) is 1. The van der Waals surface area contributed by atoms with Crippen LogP contribution in [-0.2, 0) is 0 Å². The van der Waals surface area contributed by atoms with E-state index >= 15 is 0 Å². The SMILES string of the molecule is N#Cc1cc(Br)cc(C2CNC2)c1O. The summed E-state index contributed by atoms with van der Waals surface area (Å²) in [6.07, 6.45) is 0. The number of nitrogens with zero attached hydrogens (tertiary/aromatic N) is 1. The van der Waals surface area contributed by atoms with Crippen molar-refractivity contribution in [2.24, 2.45) is 0 Å². The van der Waals surface area contributed by atoms with E-state index in [0.29, 0.717) is 11.5 Å². The zero-order valence-corrected chi connectivity index (χ0v) is 9.00. The molecule has 1 aromatic carbocycles. The fourth-order valence-electron chi connectivity index (χ4n) is 1.53. The van der Waals surface area contributed by atoms with Crippen molar-refractivity contribution in [1.29, 1.82) is 5.26 Å². The van der Waals surface area contributed by atoms with Gasteiger partial charge < -0.3 is 10.4 Å². The zero-order valence-electron chi connectivity index (χ0n) is 7.42. The molecule has 0 saturated carbocycles. The summed E-state index contributed by atoms with van der Waals surface area (Å²) in [7, 11) is 0. The molecule has 1 saturated heterocycles. The molecule has 14 heavy (non-hydrogen) atoms. The van der Waals surface area contributed by atoms with Crippen LogP contribution in [-0.4, -0.2) is 18.2 Å². The lowest BCUT2D eigenvalue weighted by Crippen LogP contribution is -2.39. The van der Waals surface area contributed by atoms with Gasteiger partial charge in [0.15, 0.2) is 0 Å². The van der Waals surface area contributed by atoms with E-state index in [1.807, 2.05) is 12.1 Å². The summed E-state index contributed by atoms with van der Waals surface area (Å²) in [5.74, 6) is 0.460. The Hall–Kier alpha value is -1.05. The monoisotopic (exact) mass is 252 g/mol. The van der Waals surface area contributed by atoms with Gasteiger partial charge in [0.2, 0.25) is 0 Å². The van der Waals surface area contributed by atoms with Gasteiger partial charge >= 0.3 is 0 Å². The van der Waals surface area contributed by atoms with Crippen LogP contribution >= 0.6 is 15.9 Å². The average Bonchev–Trinajstić information content (AvgIpc) is 2.07. The number of hydrogen-bond acceptors (Lipinski definition) is 3. The van der Waals surface area contributed by atoms with Gasteiger partial charge in [-0.1, -0.05) is 15.9 Å². The first kappa shape index (κ1) is 9.50. The molecule has 0 aromatic heterocycles. The van der Waals surface area contributed by atoms with Crippen molar-refractivity contribution in [1.82, 2.24) is 5.32 Å². The fraction of sp³-hybridized carbons (Fsp3) is 0.300. The quantitative estimate of drug-likeness (QED) is 0.801. The molecule has 4 heteroatoms. The Balaban J connectivity index is 2.48. The Morgan fingerprint density at radius 1 is 1.50 bits per heavy atom. The van der Waals surface area contributed by atoms with Gasteiger partial charge in [-0.3, -0.25) is 0 Å². The summed E-state index contributed by atoms with van der Waals surface area (Å²) >= 11 is 3.33. The first-order chi connectivity index (χ1) is 6.72. The summed E-state index contributed by atoms with van der Waals surface area (Å²) in [4.78, 5) is 0. The predicted octanol–water partition coefficient (Wildman–Crippen LogP) is 1.71. The van der Waals surface area contributed by atoms with Crippen LogP contribution < -0.4 is 5.32 Å². The van der Waals surface area contributed by atoms with Crippen LogP contribution in [0.2, 0.25) is 0 Å². The maximum Gasteiger partial charge on any atom is 0.136 e. The molecule has 1 aliphatic heterocycles. The minimum absolute atomic E-state index is 0.127. The molecule has 1 fully saturated rings. The molecule has 3 nitrogen and oxygen atoms in total. The molecule has 2 rings (SSSR count). The molecule has 2 N–H and O–H groups in total. The minimum atomic E-state index is 0.127. The standard InChI is InChI=1S/C10H9BrN2O/c11-8-1-6(3-12)10(14)9(2-8)7-4-13-5-7/h1-2,7,13-14H,4-5H2. The third-order valence-electron chi connectivity index (χ3n) is 2.45. The fourth-order valence-corrected chi connectivity index (χ4v) is 2.00. The maximum absolute atomic E-state index is 9.78. The van der Waals surface area contributed by atoms with Gasteiger partial charge in [0, 0.05) is 29.0 Å². The number of halogens is 1. The Morgan fingerprint density at radius 2 is 2.21 bits per heavy atom. The van der Waals surface area contributed by atoms with Crippen molar-refractivity contribution in [3.05, 3.63) is 27.7 Å². The molecule has 72 valence electrons. The van der Waals surface area contributed by atoms with Crippen LogP contribution in [0.3, 0.4) is 0 Å². The van der Waals surface area contributed by atoms with Crippen LogP contribution in [0.1, 0.15) is 17.0 Å². The second-order valence-electron chi connectivity index (χ2n) is 3.36. The second-order valence-corrected chi connectivity index (χ2v) is 4.27. The van der Waals surface area contributed by atoms with Gasteiger partial charge in [-0.25, -0.2) is 0 Å². The van der Waals surface area contributed by atoms with Crippen LogP contribution in [0, 0.1) is 11.3 Å². The molecule has 0 unspecified atom stereocenters. The lowest BCUT2D eigenvalue weighted by Gasteiger charge is -2.28. The van der Waals surface area contributed by atoms with E-state index in [4.69, 9.17) is 5.26 Å². The molecule has 1 heterocycles. The number of phenolic OH excluding ortho intramolecular Hbond substituents is 1. The van der Waals surface area contributed by atoms with Gasteiger partial charge in [-0.05, 0) is 12.1 Å². The topological polar surface area (TPSA) is 56.0 Å². The van der Waals surface area contributed by atoms with E-state index in [1.165, 1.54) is 0 Å². The van der Waals surface area contributed by atoms with Crippen molar-refractivity contribution >= 4 is 15.9 Å². The van der Waals surface area contributed by atoms with E-state index < -0.39 is 0 Å². The third kappa shape index (κ3) is 1.49. The molecule has 0 radical (unpaired) electrons. The van der Waals surface area contributed by atoms with Crippen molar-refractivity contribution in [3.63, 3.8) is 0 Å². The normalized spacial score (nSPS) is 16.0. The van der Waals surface area contributed by atoms with Crippen LogP contribution in [0.4, 0.5) is 0 Å². The van der Waals surface area contributed by atoms with Gasteiger partial charge in [-0.15, -0.1) is 0 Å².